The van der Waals surface area contributed by atoms with E-state index in [-0.39, 0.29) is 12.5 Å². The Bertz CT molecular complexity index is 569. The number of anilines is 2. The van der Waals surface area contributed by atoms with Crippen LogP contribution in [0, 0.1) is 0 Å². The highest BCUT2D eigenvalue weighted by Crippen LogP contribution is 2.31. The van der Waals surface area contributed by atoms with E-state index in [0.29, 0.717) is 16.4 Å². The first kappa shape index (κ1) is 15.4. The topological polar surface area (TPSA) is 79.5 Å². The van der Waals surface area contributed by atoms with E-state index in [1.807, 2.05) is 0 Å². The predicted octanol–water partition coefficient (Wildman–Crippen LogP) is 2.60. The lowest BCUT2D eigenvalue weighted by Crippen LogP contribution is -2.48. The quantitative estimate of drug-likeness (QED) is 0.745. The smallest absolute Gasteiger partial charge is 0.408 e. The van der Waals surface area contributed by atoms with Crippen molar-refractivity contribution in [3.63, 3.8) is 0 Å². The van der Waals surface area contributed by atoms with Crippen LogP contribution in [0.25, 0.3) is 0 Å². The van der Waals surface area contributed by atoms with Crippen LogP contribution in [-0.2, 0) is 9.53 Å². The summed E-state index contributed by atoms with van der Waals surface area (Å²) in [5.41, 5.74) is 0.604. The molecule has 0 unspecified atom stereocenters. The highest BCUT2D eigenvalue weighted by Gasteiger charge is 2.27. The van der Waals surface area contributed by atoms with E-state index in [9.17, 15) is 9.59 Å². The average molecular weight is 312 g/mol. The second kappa shape index (κ2) is 5.81. The lowest BCUT2D eigenvalue weighted by molar-refractivity contribution is -0.117. The number of carbonyl (C=O) groups is 2. The van der Waals surface area contributed by atoms with Crippen molar-refractivity contribution in [2.24, 2.45) is 0 Å². The SMILES string of the molecule is CC(C)(C)OC(=O)N[C@H]1CNc2cccc(Cl)c2NC1=O. The molecule has 0 fully saturated rings. The van der Waals surface area contributed by atoms with Gasteiger partial charge in [0.05, 0.1) is 16.4 Å². The number of para-hydroxylation sites is 1. The van der Waals surface area contributed by atoms with Crippen molar-refractivity contribution >= 4 is 35.0 Å². The molecule has 1 atom stereocenters. The number of fused-ring (bicyclic) bond motifs is 1. The van der Waals surface area contributed by atoms with Crippen molar-refractivity contribution < 1.29 is 14.3 Å². The average Bonchev–Trinajstić information content (AvgIpc) is 2.49. The predicted molar refractivity (Wildman–Crippen MR) is 81.7 cm³/mol. The number of rotatable bonds is 1. The maximum atomic E-state index is 12.2. The monoisotopic (exact) mass is 311 g/mol. The Morgan fingerprint density at radius 3 is 2.81 bits per heavy atom. The van der Waals surface area contributed by atoms with Crippen molar-refractivity contribution in [3.05, 3.63) is 23.2 Å². The molecule has 1 aromatic carbocycles. The molecule has 0 saturated heterocycles. The molecule has 6 nitrogen and oxygen atoms in total. The number of ether oxygens (including phenoxy) is 1. The van der Waals surface area contributed by atoms with Gasteiger partial charge in [-0.1, -0.05) is 17.7 Å². The molecule has 1 aromatic rings. The Hall–Kier alpha value is -1.95. The molecule has 1 aliphatic heterocycles. The summed E-state index contributed by atoms with van der Waals surface area (Å²) < 4.78 is 5.15. The van der Waals surface area contributed by atoms with E-state index in [2.05, 4.69) is 16.0 Å². The second-order valence-electron chi connectivity index (χ2n) is 5.73. The maximum absolute atomic E-state index is 12.2. The third-order valence-corrected chi connectivity index (χ3v) is 3.08. The summed E-state index contributed by atoms with van der Waals surface area (Å²) in [7, 11) is 0. The molecule has 3 N–H and O–H groups in total. The van der Waals surface area contributed by atoms with Crippen molar-refractivity contribution in [1.82, 2.24) is 5.32 Å². The van der Waals surface area contributed by atoms with Crippen LogP contribution in [0.5, 0.6) is 0 Å². The number of hydrogen-bond donors (Lipinski definition) is 3. The van der Waals surface area contributed by atoms with Crippen LogP contribution in [-0.4, -0.2) is 30.2 Å². The Kier molecular flexibility index (Phi) is 4.27. The molecule has 1 aliphatic rings. The number of hydrogen-bond acceptors (Lipinski definition) is 4. The minimum atomic E-state index is -0.747. The summed E-state index contributed by atoms with van der Waals surface area (Å²) in [4.78, 5) is 23.9. The van der Waals surface area contributed by atoms with Crippen molar-refractivity contribution in [2.45, 2.75) is 32.4 Å². The zero-order valence-corrected chi connectivity index (χ0v) is 12.9. The van der Waals surface area contributed by atoms with E-state index in [4.69, 9.17) is 16.3 Å². The first-order valence-electron chi connectivity index (χ1n) is 6.59. The van der Waals surface area contributed by atoms with Crippen LogP contribution in [0.15, 0.2) is 18.2 Å². The van der Waals surface area contributed by atoms with E-state index in [1.165, 1.54) is 0 Å². The van der Waals surface area contributed by atoms with E-state index < -0.39 is 17.7 Å². The van der Waals surface area contributed by atoms with Gasteiger partial charge in [-0.25, -0.2) is 4.79 Å². The Labute approximate surface area is 128 Å². The molecular formula is C14H18ClN3O3. The van der Waals surface area contributed by atoms with Crippen LogP contribution < -0.4 is 16.0 Å². The first-order chi connectivity index (χ1) is 9.76. The first-order valence-corrected chi connectivity index (χ1v) is 6.97. The van der Waals surface area contributed by atoms with Crippen molar-refractivity contribution in [2.75, 3.05) is 17.2 Å². The fraction of sp³-hybridized carbons (Fsp3) is 0.429. The van der Waals surface area contributed by atoms with Crippen LogP contribution >= 0.6 is 11.6 Å². The third-order valence-electron chi connectivity index (χ3n) is 2.77. The van der Waals surface area contributed by atoms with Gasteiger partial charge in [-0.15, -0.1) is 0 Å². The van der Waals surface area contributed by atoms with Gasteiger partial charge in [0, 0.05) is 6.54 Å². The van der Waals surface area contributed by atoms with Gasteiger partial charge < -0.3 is 20.7 Å². The number of alkyl carbamates (subject to hydrolysis) is 1. The normalized spacial score (nSPS) is 17.9. The number of amides is 2. The molecule has 7 heteroatoms. The summed E-state index contributed by atoms with van der Waals surface area (Å²) in [6.45, 7) is 5.52. The molecule has 21 heavy (non-hydrogen) atoms. The van der Waals surface area contributed by atoms with Gasteiger partial charge in [-0.05, 0) is 32.9 Å². The summed E-state index contributed by atoms with van der Waals surface area (Å²) in [5, 5.41) is 8.76. The van der Waals surface area contributed by atoms with Gasteiger partial charge in [0.15, 0.2) is 0 Å². The number of benzene rings is 1. The molecule has 0 saturated carbocycles. The molecule has 0 aromatic heterocycles. The van der Waals surface area contributed by atoms with Gasteiger partial charge in [0.1, 0.15) is 11.6 Å². The molecular weight excluding hydrogens is 294 g/mol. The number of nitrogens with one attached hydrogen (secondary N) is 3. The second-order valence-corrected chi connectivity index (χ2v) is 6.14. The van der Waals surface area contributed by atoms with Gasteiger partial charge >= 0.3 is 6.09 Å². The maximum Gasteiger partial charge on any atom is 0.408 e. The Morgan fingerprint density at radius 1 is 1.43 bits per heavy atom. The van der Waals surface area contributed by atoms with Gasteiger partial charge in [0.2, 0.25) is 5.91 Å². The zero-order valence-electron chi connectivity index (χ0n) is 12.1. The molecule has 2 amide bonds. The molecule has 0 radical (unpaired) electrons. The summed E-state index contributed by atoms with van der Waals surface area (Å²) in [6.07, 6.45) is -0.637. The molecule has 114 valence electrons. The number of halogens is 1. The fourth-order valence-corrected chi connectivity index (χ4v) is 2.10. The zero-order chi connectivity index (χ0) is 15.6. The van der Waals surface area contributed by atoms with E-state index in [0.717, 1.165) is 0 Å². The van der Waals surface area contributed by atoms with Crippen molar-refractivity contribution in [3.8, 4) is 0 Å². The van der Waals surface area contributed by atoms with Crippen molar-refractivity contribution in [1.29, 1.82) is 0 Å². The Balaban J connectivity index is 2.07. The van der Waals surface area contributed by atoms with E-state index >= 15 is 0 Å². The van der Waals surface area contributed by atoms with Gasteiger partial charge in [-0.3, -0.25) is 4.79 Å². The number of carbonyl (C=O) groups excluding carboxylic acids is 2. The van der Waals surface area contributed by atoms with Crippen LogP contribution in [0.4, 0.5) is 16.2 Å². The summed E-state index contributed by atoms with van der Waals surface area (Å²) in [6, 6.07) is 4.52. The third kappa shape index (κ3) is 4.01. The molecule has 1 heterocycles. The minimum absolute atomic E-state index is 0.248. The highest BCUT2D eigenvalue weighted by molar-refractivity contribution is 6.34. The standard InChI is InChI=1S/C14H18ClN3O3/c1-14(2,3)21-13(20)17-10-7-16-9-6-4-5-8(15)11(9)18-12(10)19/h4-6,10,16H,7H2,1-3H3,(H,17,20)(H,18,19)/t10-/m0/s1. The van der Waals surface area contributed by atoms with Crippen LogP contribution in [0.1, 0.15) is 20.8 Å². The lowest BCUT2D eigenvalue weighted by atomic mass is 10.2. The summed E-state index contributed by atoms with van der Waals surface area (Å²) >= 11 is 6.05. The lowest BCUT2D eigenvalue weighted by Gasteiger charge is -2.22. The molecule has 0 aliphatic carbocycles. The largest absolute Gasteiger partial charge is 0.444 e. The Morgan fingerprint density at radius 2 is 2.14 bits per heavy atom. The van der Waals surface area contributed by atoms with Gasteiger partial charge in [0.25, 0.3) is 0 Å². The highest BCUT2D eigenvalue weighted by atomic mass is 35.5. The fourth-order valence-electron chi connectivity index (χ4n) is 1.88. The van der Waals surface area contributed by atoms with Crippen LogP contribution in [0.2, 0.25) is 5.02 Å². The van der Waals surface area contributed by atoms with E-state index in [1.54, 1.807) is 39.0 Å². The summed E-state index contributed by atoms with van der Waals surface area (Å²) in [5.74, 6) is -0.347. The molecule has 2 rings (SSSR count). The van der Waals surface area contributed by atoms with Crippen LogP contribution in [0.3, 0.4) is 0 Å². The van der Waals surface area contributed by atoms with Gasteiger partial charge in [-0.2, -0.15) is 0 Å². The minimum Gasteiger partial charge on any atom is -0.444 e. The molecule has 0 bridgehead atoms. The molecule has 0 spiro atoms.